The second kappa shape index (κ2) is 4.57. The van der Waals surface area contributed by atoms with Crippen LogP contribution < -0.4 is 5.48 Å². The van der Waals surface area contributed by atoms with Crippen LogP contribution in [0.2, 0.25) is 0 Å². The normalized spacial score (nSPS) is 35.4. The summed E-state index contributed by atoms with van der Waals surface area (Å²) < 4.78 is 32.9. The first-order chi connectivity index (χ1) is 8.78. The fourth-order valence-corrected chi connectivity index (χ4v) is 2.85. The molecule has 0 amide bonds. The summed E-state index contributed by atoms with van der Waals surface area (Å²) in [6, 6.07) is 6.23. The maximum Gasteiger partial charge on any atom is 0.128 e. The van der Waals surface area contributed by atoms with E-state index in [0.29, 0.717) is 25.2 Å². The first-order valence-electron chi connectivity index (χ1n) is 6.09. The fraction of sp³-hybridized carbons (Fsp3) is 0.538. The van der Waals surface area contributed by atoms with Crippen molar-refractivity contribution in [2.75, 3.05) is 19.9 Å². The third-order valence-electron chi connectivity index (χ3n) is 3.88. The lowest BCUT2D eigenvalue weighted by Crippen LogP contribution is -2.48. The van der Waals surface area contributed by atoms with Crippen LogP contribution in [-0.2, 0) is 15.1 Å². The van der Waals surface area contributed by atoms with E-state index in [1.807, 2.05) is 0 Å². The van der Waals surface area contributed by atoms with E-state index in [1.165, 1.54) is 6.07 Å². The molecule has 0 spiro atoms. The van der Waals surface area contributed by atoms with E-state index in [-0.39, 0.29) is 12.0 Å². The number of fused-ring (bicyclic) bond motifs is 1. The minimum absolute atomic E-state index is 0.117. The monoisotopic (exact) mass is 255 g/mol. The van der Waals surface area contributed by atoms with Crippen molar-refractivity contribution in [2.45, 2.75) is 18.1 Å². The average Bonchev–Trinajstić information content (AvgIpc) is 2.79. The number of nitrogens with one attached hydrogen (secondary N) is 1. The summed E-state index contributed by atoms with van der Waals surface area (Å²) in [7, 11) is 0. The van der Waals surface area contributed by atoms with Crippen LogP contribution in [0.4, 0.5) is 8.78 Å². The zero-order valence-electron chi connectivity index (χ0n) is 9.86. The lowest BCUT2D eigenvalue weighted by atomic mass is 9.76. The molecule has 3 rings (SSSR count). The van der Waals surface area contributed by atoms with Crippen molar-refractivity contribution in [3.8, 4) is 0 Å². The highest BCUT2D eigenvalue weighted by Crippen LogP contribution is 2.42. The number of hydroxylamine groups is 1. The topological polar surface area (TPSA) is 30.5 Å². The van der Waals surface area contributed by atoms with E-state index >= 15 is 0 Å². The molecule has 3 nitrogen and oxygen atoms in total. The van der Waals surface area contributed by atoms with Crippen molar-refractivity contribution in [1.29, 1.82) is 0 Å². The molecule has 2 fully saturated rings. The predicted octanol–water partition coefficient (Wildman–Crippen LogP) is 1.93. The highest BCUT2D eigenvalue weighted by molar-refractivity contribution is 5.29. The van der Waals surface area contributed by atoms with E-state index in [4.69, 9.17) is 9.57 Å². The van der Waals surface area contributed by atoms with Gasteiger partial charge in [-0.3, -0.25) is 4.84 Å². The molecule has 1 aromatic carbocycles. The number of ether oxygens (including phenoxy) is 1. The van der Waals surface area contributed by atoms with Gasteiger partial charge in [-0.25, -0.2) is 8.78 Å². The Morgan fingerprint density at radius 3 is 3.00 bits per heavy atom. The zero-order chi connectivity index (χ0) is 12.6. The molecule has 0 saturated carbocycles. The molecule has 98 valence electrons. The molecule has 0 unspecified atom stereocenters. The number of hydrogen-bond donors (Lipinski definition) is 1. The summed E-state index contributed by atoms with van der Waals surface area (Å²) in [5.41, 5.74) is 1.91. The summed E-state index contributed by atoms with van der Waals surface area (Å²) in [6.07, 6.45) is 0.586. The Bertz CT molecular complexity index is 443. The van der Waals surface area contributed by atoms with E-state index in [9.17, 15) is 8.78 Å². The van der Waals surface area contributed by atoms with Crippen molar-refractivity contribution in [3.05, 3.63) is 35.6 Å². The Balaban J connectivity index is 2.02. The largest absolute Gasteiger partial charge is 0.381 e. The minimum Gasteiger partial charge on any atom is -0.381 e. The third kappa shape index (κ3) is 1.66. The van der Waals surface area contributed by atoms with Crippen LogP contribution in [0.3, 0.4) is 0 Å². The number of rotatable bonds is 2. The van der Waals surface area contributed by atoms with Gasteiger partial charge in [0.25, 0.3) is 0 Å². The first kappa shape index (κ1) is 12.0. The van der Waals surface area contributed by atoms with Crippen LogP contribution in [0, 0.1) is 11.7 Å². The molecule has 3 atom stereocenters. The number of alkyl halides is 1. The van der Waals surface area contributed by atoms with Gasteiger partial charge in [0.1, 0.15) is 18.0 Å². The molecule has 18 heavy (non-hydrogen) atoms. The van der Waals surface area contributed by atoms with Crippen molar-refractivity contribution >= 4 is 0 Å². The van der Waals surface area contributed by atoms with Crippen molar-refractivity contribution in [1.82, 2.24) is 5.48 Å². The lowest BCUT2D eigenvalue weighted by molar-refractivity contribution is -0.0433. The third-order valence-corrected chi connectivity index (χ3v) is 3.88. The standard InChI is InChI=1S/C13H15F2NO2/c14-8-13(9-3-1-2-4-11(9)15)10-7-17-6-5-12(10)18-16-13/h1-4,10,12,16H,5-8H2/t10-,12+,13+/m0/s1. The maximum atomic E-state index is 13.9. The Hall–Kier alpha value is -1.04. The second-order valence-corrected chi connectivity index (χ2v) is 4.81. The zero-order valence-corrected chi connectivity index (χ0v) is 9.86. The smallest absolute Gasteiger partial charge is 0.128 e. The quantitative estimate of drug-likeness (QED) is 0.876. The predicted molar refractivity (Wildman–Crippen MR) is 61.0 cm³/mol. The van der Waals surface area contributed by atoms with Crippen LogP contribution in [0.1, 0.15) is 12.0 Å². The highest BCUT2D eigenvalue weighted by Gasteiger charge is 2.53. The van der Waals surface area contributed by atoms with Gasteiger partial charge in [-0.05, 0) is 12.5 Å². The SMILES string of the molecule is FC[C@]1(c2ccccc2F)NO[C@@H]2CCOC[C@@H]21. The Morgan fingerprint density at radius 2 is 2.22 bits per heavy atom. The van der Waals surface area contributed by atoms with Gasteiger partial charge >= 0.3 is 0 Å². The molecule has 2 heterocycles. The number of halogens is 2. The molecule has 0 aromatic heterocycles. The molecule has 2 saturated heterocycles. The summed E-state index contributed by atoms with van der Waals surface area (Å²) in [5.74, 6) is -0.620. The lowest BCUT2D eigenvalue weighted by Gasteiger charge is -2.34. The molecule has 5 heteroatoms. The van der Waals surface area contributed by atoms with E-state index in [1.54, 1.807) is 18.2 Å². The van der Waals surface area contributed by atoms with Crippen molar-refractivity contribution in [3.63, 3.8) is 0 Å². The molecule has 0 radical (unpaired) electrons. The van der Waals surface area contributed by atoms with Crippen LogP contribution >= 0.6 is 0 Å². The average molecular weight is 255 g/mol. The van der Waals surface area contributed by atoms with Crippen molar-refractivity contribution < 1.29 is 18.4 Å². The van der Waals surface area contributed by atoms with E-state index < -0.39 is 18.0 Å². The van der Waals surface area contributed by atoms with Crippen LogP contribution in [0.25, 0.3) is 0 Å². The van der Waals surface area contributed by atoms with Gasteiger partial charge in [-0.15, -0.1) is 0 Å². The molecule has 0 bridgehead atoms. The van der Waals surface area contributed by atoms with Gasteiger partial charge in [0.2, 0.25) is 0 Å². The van der Waals surface area contributed by atoms with Crippen LogP contribution in [0.15, 0.2) is 24.3 Å². The van der Waals surface area contributed by atoms with E-state index in [2.05, 4.69) is 5.48 Å². The van der Waals surface area contributed by atoms with Crippen LogP contribution in [-0.4, -0.2) is 26.0 Å². The molecule has 1 aromatic rings. The van der Waals surface area contributed by atoms with Gasteiger partial charge in [0.15, 0.2) is 0 Å². The molecular weight excluding hydrogens is 240 g/mol. The Labute approximate surface area is 104 Å². The van der Waals surface area contributed by atoms with Gasteiger partial charge in [-0.2, -0.15) is 5.48 Å². The fourth-order valence-electron chi connectivity index (χ4n) is 2.85. The minimum atomic E-state index is -1.13. The molecule has 0 aliphatic carbocycles. The Kier molecular flexibility index (Phi) is 3.05. The van der Waals surface area contributed by atoms with Crippen molar-refractivity contribution in [2.24, 2.45) is 5.92 Å². The first-order valence-corrected chi connectivity index (χ1v) is 6.09. The Morgan fingerprint density at radius 1 is 1.39 bits per heavy atom. The number of hydrogen-bond acceptors (Lipinski definition) is 3. The van der Waals surface area contributed by atoms with E-state index in [0.717, 1.165) is 0 Å². The summed E-state index contributed by atoms with van der Waals surface area (Å²) >= 11 is 0. The molecule has 2 aliphatic rings. The van der Waals surface area contributed by atoms with Gasteiger partial charge in [0.05, 0.1) is 12.7 Å². The number of benzene rings is 1. The second-order valence-electron chi connectivity index (χ2n) is 4.81. The van der Waals surface area contributed by atoms with Gasteiger partial charge in [0, 0.05) is 18.1 Å². The molecular formula is C13H15F2NO2. The highest BCUT2D eigenvalue weighted by atomic mass is 19.1. The molecule has 2 aliphatic heterocycles. The summed E-state index contributed by atoms with van der Waals surface area (Å²) in [6.45, 7) is 0.261. The molecule has 1 N–H and O–H groups in total. The van der Waals surface area contributed by atoms with Gasteiger partial charge in [-0.1, -0.05) is 18.2 Å². The van der Waals surface area contributed by atoms with Crippen LogP contribution in [0.5, 0.6) is 0 Å². The summed E-state index contributed by atoms with van der Waals surface area (Å²) in [4.78, 5) is 5.44. The maximum absolute atomic E-state index is 13.9. The van der Waals surface area contributed by atoms with Gasteiger partial charge < -0.3 is 4.74 Å². The summed E-state index contributed by atoms with van der Waals surface area (Å²) in [5, 5.41) is 0.